The number of imide groups is 2. The van der Waals surface area contributed by atoms with Crippen LogP contribution in [0.4, 0.5) is 10.5 Å². The van der Waals surface area contributed by atoms with Crippen LogP contribution in [0.3, 0.4) is 0 Å². The molecule has 1 N–H and O–H groups in total. The van der Waals surface area contributed by atoms with E-state index in [1.165, 1.54) is 6.08 Å². The van der Waals surface area contributed by atoms with E-state index in [0.29, 0.717) is 11.3 Å². The largest absolute Gasteiger partial charge is 0.335 e. The molecule has 1 aliphatic rings. The second-order valence-electron chi connectivity index (χ2n) is 5.34. The molecule has 1 heterocycles. The zero-order valence-corrected chi connectivity index (χ0v) is 14.3. The molecular formula is C18H13BrN2O3. The number of nitrogens with one attached hydrogen (secondary N) is 1. The second kappa shape index (κ2) is 6.41. The van der Waals surface area contributed by atoms with Crippen molar-refractivity contribution in [2.24, 2.45) is 0 Å². The number of anilines is 1. The van der Waals surface area contributed by atoms with Crippen LogP contribution in [0.1, 0.15) is 11.1 Å². The maximum absolute atomic E-state index is 12.7. The van der Waals surface area contributed by atoms with E-state index in [9.17, 15) is 14.4 Å². The Morgan fingerprint density at radius 2 is 1.58 bits per heavy atom. The average molecular weight is 385 g/mol. The van der Waals surface area contributed by atoms with Gasteiger partial charge in [0.15, 0.2) is 0 Å². The number of carbonyl (C=O) groups is 3. The van der Waals surface area contributed by atoms with E-state index < -0.39 is 17.8 Å². The van der Waals surface area contributed by atoms with E-state index in [0.717, 1.165) is 14.9 Å². The van der Waals surface area contributed by atoms with Crippen LogP contribution < -0.4 is 10.2 Å². The van der Waals surface area contributed by atoms with Gasteiger partial charge in [-0.2, -0.15) is 0 Å². The summed E-state index contributed by atoms with van der Waals surface area (Å²) in [5, 5.41) is 2.20. The van der Waals surface area contributed by atoms with Gasteiger partial charge < -0.3 is 0 Å². The van der Waals surface area contributed by atoms with Crippen molar-refractivity contribution >= 4 is 45.5 Å². The number of benzene rings is 2. The van der Waals surface area contributed by atoms with Crippen molar-refractivity contribution in [1.82, 2.24) is 5.32 Å². The third kappa shape index (κ3) is 3.14. The third-order valence-corrected chi connectivity index (χ3v) is 4.10. The van der Waals surface area contributed by atoms with Gasteiger partial charge in [-0.1, -0.05) is 45.8 Å². The van der Waals surface area contributed by atoms with Gasteiger partial charge >= 0.3 is 6.03 Å². The number of carbonyl (C=O) groups excluding carboxylic acids is 3. The summed E-state index contributed by atoms with van der Waals surface area (Å²) in [5.41, 5.74) is 2.09. The maximum atomic E-state index is 12.7. The van der Waals surface area contributed by atoms with E-state index in [4.69, 9.17) is 0 Å². The van der Waals surface area contributed by atoms with Crippen molar-refractivity contribution in [2.75, 3.05) is 4.90 Å². The average Bonchev–Trinajstić information content (AvgIpc) is 2.55. The molecule has 0 radical (unpaired) electrons. The van der Waals surface area contributed by atoms with Crippen LogP contribution >= 0.6 is 15.9 Å². The van der Waals surface area contributed by atoms with Crippen molar-refractivity contribution < 1.29 is 14.4 Å². The van der Waals surface area contributed by atoms with Gasteiger partial charge in [-0.15, -0.1) is 0 Å². The number of nitrogens with zero attached hydrogens (tertiary/aromatic N) is 1. The van der Waals surface area contributed by atoms with E-state index in [2.05, 4.69) is 21.2 Å². The highest BCUT2D eigenvalue weighted by molar-refractivity contribution is 9.10. The fourth-order valence-corrected chi connectivity index (χ4v) is 2.58. The molecule has 0 unspecified atom stereocenters. The Labute approximate surface area is 147 Å². The van der Waals surface area contributed by atoms with Crippen LogP contribution in [0, 0.1) is 6.92 Å². The van der Waals surface area contributed by atoms with E-state index in [-0.39, 0.29) is 5.57 Å². The molecule has 1 aliphatic heterocycles. The number of hydrogen-bond donors (Lipinski definition) is 1. The molecule has 0 saturated carbocycles. The predicted octanol–water partition coefficient (Wildman–Crippen LogP) is 3.42. The van der Waals surface area contributed by atoms with Crippen molar-refractivity contribution in [1.29, 1.82) is 0 Å². The molecule has 0 atom stereocenters. The first-order chi connectivity index (χ1) is 11.5. The quantitative estimate of drug-likeness (QED) is 0.637. The van der Waals surface area contributed by atoms with Crippen molar-refractivity contribution in [3.63, 3.8) is 0 Å². The van der Waals surface area contributed by atoms with Gasteiger partial charge in [0.1, 0.15) is 5.57 Å². The van der Waals surface area contributed by atoms with Gasteiger partial charge in [0, 0.05) is 4.47 Å². The molecule has 1 fully saturated rings. The molecule has 5 nitrogen and oxygen atoms in total. The molecule has 6 heteroatoms. The first kappa shape index (κ1) is 16.1. The number of amides is 4. The summed E-state index contributed by atoms with van der Waals surface area (Å²) in [7, 11) is 0. The smallest absolute Gasteiger partial charge is 0.273 e. The number of urea groups is 1. The highest BCUT2D eigenvalue weighted by Gasteiger charge is 2.36. The zero-order chi connectivity index (χ0) is 17.3. The molecule has 3 rings (SSSR count). The summed E-state index contributed by atoms with van der Waals surface area (Å²) in [6.45, 7) is 1.95. The minimum Gasteiger partial charge on any atom is -0.273 e. The van der Waals surface area contributed by atoms with E-state index in [1.807, 2.05) is 31.2 Å². The second-order valence-corrected chi connectivity index (χ2v) is 6.26. The summed E-state index contributed by atoms with van der Waals surface area (Å²) < 4.78 is 0.822. The molecule has 120 valence electrons. The molecule has 1 saturated heterocycles. The Hall–Kier alpha value is -2.73. The molecule has 0 spiro atoms. The van der Waals surface area contributed by atoms with Gasteiger partial charge in [-0.25, -0.2) is 9.69 Å². The van der Waals surface area contributed by atoms with E-state index >= 15 is 0 Å². The molecule has 0 aromatic heterocycles. The van der Waals surface area contributed by atoms with Crippen LogP contribution in [-0.2, 0) is 9.59 Å². The normalized spacial score (nSPS) is 16.5. The van der Waals surface area contributed by atoms with Crippen LogP contribution in [-0.4, -0.2) is 17.8 Å². The molecule has 4 amide bonds. The van der Waals surface area contributed by atoms with Crippen molar-refractivity contribution in [3.05, 3.63) is 69.7 Å². The Bertz CT molecular complexity index is 855. The molecule has 0 bridgehead atoms. The summed E-state index contributed by atoms with van der Waals surface area (Å²) in [4.78, 5) is 37.8. The highest BCUT2D eigenvalue weighted by Crippen LogP contribution is 2.23. The Morgan fingerprint density at radius 1 is 0.958 bits per heavy atom. The van der Waals surface area contributed by atoms with Crippen LogP contribution in [0.25, 0.3) is 6.08 Å². The molecule has 0 aliphatic carbocycles. The SMILES string of the molecule is Cc1ccc(/C=C2/C(=O)NC(=O)N(c3ccc(Br)cc3)C2=O)cc1. The van der Waals surface area contributed by atoms with Crippen molar-refractivity contribution in [3.8, 4) is 0 Å². The number of rotatable bonds is 2. The summed E-state index contributed by atoms with van der Waals surface area (Å²) in [5.74, 6) is -1.34. The fourth-order valence-electron chi connectivity index (χ4n) is 2.31. The highest BCUT2D eigenvalue weighted by atomic mass is 79.9. The third-order valence-electron chi connectivity index (χ3n) is 3.57. The number of aryl methyl sites for hydroxylation is 1. The first-order valence-electron chi connectivity index (χ1n) is 7.19. The zero-order valence-electron chi connectivity index (χ0n) is 12.7. The van der Waals surface area contributed by atoms with E-state index in [1.54, 1.807) is 24.3 Å². The van der Waals surface area contributed by atoms with Gasteiger partial charge in [0.05, 0.1) is 5.69 Å². The van der Waals surface area contributed by atoms with Crippen LogP contribution in [0.5, 0.6) is 0 Å². The van der Waals surface area contributed by atoms with Gasteiger partial charge in [-0.05, 0) is 42.8 Å². The Balaban J connectivity index is 1.99. The molecule has 2 aromatic carbocycles. The summed E-state index contributed by atoms with van der Waals surface area (Å²) in [6.07, 6.45) is 1.48. The first-order valence-corrected chi connectivity index (χ1v) is 7.99. The lowest BCUT2D eigenvalue weighted by Gasteiger charge is -2.26. The molecule has 24 heavy (non-hydrogen) atoms. The minimum atomic E-state index is -0.756. The van der Waals surface area contributed by atoms with Crippen LogP contribution in [0.2, 0.25) is 0 Å². The number of hydrogen-bond acceptors (Lipinski definition) is 3. The maximum Gasteiger partial charge on any atom is 0.335 e. The lowest BCUT2D eigenvalue weighted by atomic mass is 10.1. The van der Waals surface area contributed by atoms with Gasteiger partial charge in [0.25, 0.3) is 11.8 Å². The van der Waals surface area contributed by atoms with Crippen LogP contribution in [0.15, 0.2) is 58.6 Å². The minimum absolute atomic E-state index is 0.0821. The number of barbiturate groups is 1. The molecule has 2 aromatic rings. The lowest BCUT2D eigenvalue weighted by molar-refractivity contribution is -0.122. The summed E-state index contributed by atoms with van der Waals surface area (Å²) >= 11 is 3.30. The Morgan fingerprint density at radius 3 is 2.21 bits per heavy atom. The Kier molecular flexibility index (Phi) is 4.31. The van der Waals surface area contributed by atoms with Gasteiger partial charge in [-0.3, -0.25) is 14.9 Å². The lowest BCUT2D eigenvalue weighted by Crippen LogP contribution is -2.54. The number of halogens is 1. The van der Waals surface area contributed by atoms with Crippen molar-refractivity contribution in [2.45, 2.75) is 6.92 Å². The predicted molar refractivity (Wildman–Crippen MR) is 94.3 cm³/mol. The van der Waals surface area contributed by atoms with Gasteiger partial charge in [0.2, 0.25) is 0 Å². The monoisotopic (exact) mass is 384 g/mol. The standard InChI is InChI=1S/C18H13BrN2O3/c1-11-2-4-12(5-3-11)10-15-16(22)20-18(24)21(17(15)23)14-8-6-13(19)7-9-14/h2-10H,1H3,(H,20,22,24)/b15-10-. The summed E-state index contributed by atoms with van der Waals surface area (Å²) in [6, 6.07) is 13.3. The molecular weight excluding hydrogens is 372 g/mol. The topological polar surface area (TPSA) is 66.5 Å². The fraction of sp³-hybridized carbons (Fsp3) is 0.0556.